The highest BCUT2D eigenvalue weighted by Gasteiger charge is 2.16. The van der Waals surface area contributed by atoms with Crippen molar-refractivity contribution in [2.45, 2.75) is 27.7 Å². The summed E-state index contributed by atoms with van der Waals surface area (Å²) in [5.41, 5.74) is 12.1. The quantitative estimate of drug-likeness (QED) is 0.821. The Bertz CT molecular complexity index is 433. The standard InChI is InChI=1S/C14H24N4O/c1-9(2)7-18(8-10(3)4)14-11(15)5-6-12(17-14)13(16)19/h5-6,9-10H,7-8,15H2,1-4H3,(H2,16,19). The average molecular weight is 264 g/mol. The molecule has 0 aliphatic carbocycles. The van der Waals surface area contributed by atoms with Crippen LogP contribution < -0.4 is 16.4 Å². The Labute approximate surface area is 115 Å². The summed E-state index contributed by atoms with van der Waals surface area (Å²) in [7, 11) is 0. The van der Waals surface area contributed by atoms with E-state index in [1.165, 1.54) is 0 Å². The van der Waals surface area contributed by atoms with Crippen LogP contribution in [-0.4, -0.2) is 24.0 Å². The number of hydrogen-bond acceptors (Lipinski definition) is 4. The highest BCUT2D eigenvalue weighted by Crippen LogP contribution is 2.23. The number of nitrogens with zero attached hydrogens (tertiary/aromatic N) is 2. The SMILES string of the molecule is CC(C)CN(CC(C)C)c1nc(C(N)=O)ccc1N. The molecule has 0 saturated carbocycles. The van der Waals surface area contributed by atoms with Gasteiger partial charge in [0.2, 0.25) is 0 Å². The maximum absolute atomic E-state index is 11.2. The summed E-state index contributed by atoms with van der Waals surface area (Å²) >= 11 is 0. The predicted molar refractivity (Wildman–Crippen MR) is 79.1 cm³/mol. The molecule has 0 saturated heterocycles. The van der Waals surface area contributed by atoms with E-state index in [9.17, 15) is 4.79 Å². The van der Waals surface area contributed by atoms with Crippen LogP contribution in [0.3, 0.4) is 0 Å². The monoisotopic (exact) mass is 264 g/mol. The molecule has 0 aliphatic heterocycles. The number of rotatable bonds is 6. The third-order valence-electron chi connectivity index (χ3n) is 2.63. The lowest BCUT2D eigenvalue weighted by molar-refractivity contribution is 0.0995. The average Bonchev–Trinajstić information content (AvgIpc) is 2.27. The van der Waals surface area contributed by atoms with Crippen LogP contribution >= 0.6 is 0 Å². The van der Waals surface area contributed by atoms with Gasteiger partial charge < -0.3 is 16.4 Å². The van der Waals surface area contributed by atoms with Crippen molar-refractivity contribution in [1.29, 1.82) is 0 Å². The summed E-state index contributed by atoms with van der Waals surface area (Å²) in [5, 5.41) is 0. The molecule has 1 heterocycles. The molecule has 106 valence electrons. The van der Waals surface area contributed by atoms with Crippen LogP contribution in [0.4, 0.5) is 11.5 Å². The second-order valence-corrected chi connectivity index (χ2v) is 5.67. The molecule has 1 aromatic heterocycles. The van der Waals surface area contributed by atoms with E-state index in [1.54, 1.807) is 12.1 Å². The maximum Gasteiger partial charge on any atom is 0.267 e. The Morgan fingerprint density at radius 3 is 2.16 bits per heavy atom. The third kappa shape index (κ3) is 4.43. The summed E-state index contributed by atoms with van der Waals surface area (Å²) in [6.45, 7) is 10.3. The number of primary amides is 1. The highest BCUT2D eigenvalue weighted by atomic mass is 16.1. The van der Waals surface area contributed by atoms with E-state index in [0.717, 1.165) is 13.1 Å². The zero-order valence-electron chi connectivity index (χ0n) is 12.2. The number of hydrogen-bond donors (Lipinski definition) is 2. The molecule has 1 amide bonds. The van der Waals surface area contributed by atoms with Crippen LogP contribution in [0.1, 0.15) is 38.2 Å². The van der Waals surface area contributed by atoms with Gasteiger partial charge in [0.1, 0.15) is 5.69 Å². The summed E-state index contributed by atoms with van der Waals surface area (Å²) in [4.78, 5) is 17.7. The van der Waals surface area contributed by atoms with Crippen LogP contribution in [0.15, 0.2) is 12.1 Å². The van der Waals surface area contributed by atoms with Gasteiger partial charge in [-0.1, -0.05) is 27.7 Å². The van der Waals surface area contributed by atoms with E-state index in [-0.39, 0.29) is 5.69 Å². The van der Waals surface area contributed by atoms with Gasteiger partial charge in [-0.2, -0.15) is 0 Å². The fourth-order valence-electron chi connectivity index (χ4n) is 1.98. The van der Waals surface area contributed by atoms with Gasteiger partial charge in [0.25, 0.3) is 5.91 Å². The molecule has 0 fully saturated rings. The lowest BCUT2D eigenvalue weighted by Gasteiger charge is -2.28. The molecule has 19 heavy (non-hydrogen) atoms. The number of amides is 1. The lowest BCUT2D eigenvalue weighted by atomic mass is 10.1. The van der Waals surface area contributed by atoms with Crippen LogP contribution in [0.25, 0.3) is 0 Å². The van der Waals surface area contributed by atoms with Crippen molar-refractivity contribution in [3.8, 4) is 0 Å². The first-order chi connectivity index (χ1) is 8.81. The minimum atomic E-state index is -0.532. The van der Waals surface area contributed by atoms with Gasteiger partial charge in [-0.3, -0.25) is 4.79 Å². The van der Waals surface area contributed by atoms with Crippen molar-refractivity contribution in [3.05, 3.63) is 17.8 Å². The number of aromatic nitrogens is 1. The van der Waals surface area contributed by atoms with Crippen molar-refractivity contribution in [2.75, 3.05) is 23.7 Å². The minimum absolute atomic E-state index is 0.252. The lowest BCUT2D eigenvalue weighted by Crippen LogP contribution is -2.33. The molecule has 5 nitrogen and oxygen atoms in total. The van der Waals surface area contributed by atoms with E-state index in [4.69, 9.17) is 11.5 Å². The van der Waals surface area contributed by atoms with E-state index in [2.05, 4.69) is 37.6 Å². The van der Waals surface area contributed by atoms with E-state index >= 15 is 0 Å². The van der Waals surface area contributed by atoms with Gasteiger partial charge in [-0.25, -0.2) is 4.98 Å². The Morgan fingerprint density at radius 1 is 1.21 bits per heavy atom. The fourth-order valence-corrected chi connectivity index (χ4v) is 1.98. The van der Waals surface area contributed by atoms with Crippen LogP contribution in [0.5, 0.6) is 0 Å². The molecule has 0 spiro atoms. The molecule has 1 rings (SSSR count). The second kappa shape index (κ2) is 6.41. The van der Waals surface area contributed by atoms with Crippen LogP contribution in [0, 0.1) is 11.8 Å². The largest absolute Gasteiger partial charge is 0.396 e. The van der Waals surface area contributed by atoms with Crippen LogP contribution in [0.2, 0.25) is 0 Å². The van der Waals surface area contributed by atoms with Gasteiger partial charge in [0, 0.05) is 13.1 Å². The first-order valence-electron chi connectivity index (χ1n) is 6.62. The number of pyridine rings is 1. The number of nitrogens with two attached hydrogens (primary N) is 2. The van der Waals surface area contributed by atoms with E-state index in [0.29, 0.717) is 23.3 Å². The first-order valence-corrected chi connectivity index (χ1v) is 6.62. The first kappa shape index (κ1) is 15.3. The smallest absolute Gasteiger partial charge is 0.267 e. The van der Waals surface area contributed by atoms with Gasteiger partial charge in [-0.15, -0.1) is 0 Å². The summed E-state index contributed by atoms with van der Waals surface area (Å²) in [6, 6.07) is 3.25. The van der Waals surface area contributed by atoms with Crippen molar-refractivity contribution in [1.82, 2.24) is 4.98 Å². The van der Waals surface area contributed by atoms with Crippen molar-refractivity contribution >= 4 is 17.4 Å². The van der Waals surface area contributed by atoms with Gasteiger partial charge in [0.05, 0.1) is 5.69 Å². The molecule has 0 radical (unpaired) electrons. The molecular formula is C14H24N4O. The molecule has 4 N–H and O–H groups in total. The van der Waals surface area contributed by atoms with Gasteiger partial charge >= 0.3 is 0 Å². The van der Waals surface area contributed by atoms with Crippen molar-refractivity contribution in [2.24, 2.45) is 17.6 Å². The zero-order valence-corrected chi connectivity index (χ0v) is 12.2. The maximum atomic E-state index is 11.2. The van der Waals surface area contributed by atoms with Crippen molar-refractivity contribution in [3.63, 3.8) is 0 Å². The Kier molecular flexibility index (Phi) is 5.15. The summed E-state index contributed by atoms with van der Waals surface area (Å²) < 4.78 is 0. The molecule has 0 aliphatic rings. The van der Waals surface area contributed by atoms with Gasteiger partial charge in [-0.05, 0) is 24.0 Å². The zero-order chi connectivity index (χ0) is 14.6. The topological polar surface area (TPSA) is 85.2 Å². The fraction of sp³-hybridized carbons (Fsp3) is 0.571. The number of carbonyl (C=O) groups excluding carboxylic acids is 1. The van der Waals surface area contributed by atoms with E-state index < -0.39 is 5.91 Å². The molecule has 0 aromatic carbocycles. The number of anilines is 2. The highest BCUT2D eigenvalue weighted by molar-refractivity contribution is 5.91. The molecule has 0 unspecified atom stereocenters. The summed E-state index contributed by atoms with van der Waals surface area (Å²) in [6.07, 6.45) is 0. The Hall–Kier alpha value is -1.78. The third-order valence-corrected chi connectivity index (χ3v) is 2.63. The molecular weight excluding hydrogens is 240 g/mol. The Balaban J connectivity index is 3.12. The van der Waals surface area contributed by atoms with Gasteiger partial charge in [0.15, 0.2) is 5.82 Å². The van der Waals surface area contributed by atoms with Crippen molar-refractivity contribution < 1.29 is 4.79 Å². The molecule has 5 heteroatoms. The predicted octanol–water partition coefficient (Wildman–Crippen LogP) is 1.88. The molecule has 0 atom stereocenters. The van der Waals surface area contributed by atoms with E-state index in [1.807, 2.05) is 0 Å². The number of carbonyl (C=O) groups is 1. The molecule has 1 aromatic rings. The summed E-state index contributed by atoms with van der Waals surface area (Å²) in [5.74, 6) is 1.09. The minimum Gasteiger partial charge on any atom is -0.396 e. The molecule has 0 bridgehead atoms. The Morgan fingerprint density at radius 2 is 1.74 bits per heavy atom. The second-order valence-electron chi connectivity index (χ2n) is 5.67. The van der Waals surface area contributed by atoms with Crippen LogP contribution in [-0.2, 0) is 0 Å². The normalized spacial score (nSPS) is 11.1. The number of nitrogen functional groups attached to an aromatic ring is 1.